The van der Waals surface area contributed by atoms with Crippen molar-refractivity contribution >= 4 is 29.1 Å². The van der Waals surface area contributed by atoms with Gasteiger partial charge in [0.2, 0.25) is 5.91 Å². The van der Waals surface area contributed by atoms with Crippen LogP contribution in [0.5, 0.6) is 11.5 Å². The lowest BCUT2D eigenvalue weighted by atomic mass is 10.0. The summed E-state index contributed by atoms with van der Waals surface area (Å²) in [4.78, 5) is 29.2. The summed E-state index contributed by atoms with van der Waals surface area (Å²) in [6, 6.07) is 10.8. The van der Waals surface area contributed by atoms with Gasteiger partial charge in [-0.05, 0) is 49.6 Å². The van der Waals surface area contributed by atoms with E-state index in [4.69, 9.17) is 21.1 Å². The predicted octanol–water partition coefficient (Wildman–Crippen LogP) is 4.46. The van der Waals surface area contributed by atoms with Crippen molar-refractivity contribution in [2.75, 3.05) is 32.2 Å². The number of hydrogen-bond acceptors (Lipinski definition) is 4. The standard InChI is InChI=1S/C23H25ClN2O4/c1-29-16-8-9-17(21(14-16)30-2)19-5-3-12-26(19)23(28)15-7-10-18(24)20(13-15)25-11-4-6-22(25)27/h7-10,13-14,19H,3-6,11-12H2,1-2H3/t19-/m0/s1. The van der Waals surface area contributed by atoms with Crippen LogP contribution in [0.4, 0.5) is 5.69 Å². The summed E-state index contributed by atoms with van der Waals surface area (Å²) in [6.45, 7) is 1.30. The van der Waals surface area contributed by atoms with Gasteiger partial charge in [0.15, 0.2) is 0 Å². The first-order valence-corrected chi connectivity index (χ1v) is 10.5. The molecule has 6 nitrogen and oxygen atoms in total. The predicted molar refractivity (Wildman–Crippen MR) is 116 cm³/mol. The molecular formula is C23H25ClN2O4. The number of carbonyl (C=O) groups excluding carboxylic acids is 2. The Hall–Kier alpha value is -2.73. The molecule has 2 amide bonds. The van der Waals surface area contributed by atoms with Gasteiger partial charge in [0.1, 0.15) is 11.5 Å². The summed E-state index contributed by atoms with van der Waals surface area (Å²) in [5.41, 5.74) is 2.12. The third-order valence-corrected chi connectivity index (χ3v) is 6.19. The molecule has 2 aliphatic heterocycles. The van der Waals surface area contributed by atoms with Crippen molar-refractivity contribution in [1.29, 1.82) is 0 Å². The van der Waals surface area contributed by atoms with Gasteiger partial charge in [-0.2, -0.15) is 0 Å². The number of benzene rings is 2. The maximum absolute atomic E-state index is 13.4. The average molecular weight is 429 g/mol. The Kier molecular flexibility index (Phi) is 5.86. The first-order chi connectivity index (χ1) is 14.5. The molecule has 2 aromatic carbocycles. The van der Waals surface area contributed by atoms with E-state index < -0.39 is 0 Å². The minimum absolute atomic E-state index is 0.0449. The average Bonchev–Trinajstić information content (AvgIpc) is 3.42. The van der Waals surface area contributed by atoms with Crippen molar-refractivity contribution in [3.05, 3.63) is 52.5 Å². The van der Waals surface area contributed by atoms with Crippen LogP contribution >= 0.6 is 11.6 Å². The van der Waals surface area contributed by atoms with Gasteiger partial charge in [-0.3, -0.25) is 9.59 Å². The number of hydrogen-bond donors (Lipinski definition) is 0. The Morgan fingerprint density at radius 1 is 1.07 bits per heavy atom. The molecule has 0 aromatic heterocycles. The van der Waals surface area contributed by atoms with Crippen LogP contribution in [-0.2, 0) is 4.79 Å². The summed E-state index contributed by atoms with van der Waals surface area (Å²) in [5.74, 6) is 1.39. The number of nitrogens with zero attached hydrogens (tertiary/aromatic N) is 2. The Morgan fingerprint density at radius 3 is 2.60 bits per heavy atom. The van der Waals surface area contributed by atoms with Crippen LogP contribution in [-0.4, -0.2) is 44.0 Å². The maximum Gasteiger partial charge on any atom is 0.254 e. The van der Waals surface area contributed by atoms with E-state index in [9.17, 15) is 9.59 Å². The van der Waals surface area contributed by atoms with Crippen molar-refractivity contribution in [3.8, 4) is 11.5 Å². The number of ether oxygens (including phenoxy) is 2. The molecule has 0 bridgehead atoms. The summed E-state index contributed by atoms with van der Waals surface area (Å²) < 4.78 is 10.9. The van der Waals surface area contributed by atoms with Gasteiger partial charge in [-0.15, -0.1) is 0 Å². The lowest BCUT2D eigenvalue weighted by Crippen LogP contribution is -2.31. The first-order valence-electron chi connectivity index (χ1n) is 10.2. The highest BCUT2D eigenvalue weighted by molar-refractivity contribution is 6.34. The highest BCUT2D eigenvalue weighted by atomic mass is 35.5. The summed E-state index contributed by atoms with van der Waals surface area (Å²) in [7, 11) is 3.24. The SMILES string of the molecule is COc1ccc([C@@H]2CCCN2C(=O)c2ccc(Cl)c(N3CCCC3=O)c2)c(OC)c1. The van der Waals surface area contributed by atoms with E-state index in [1.54, 1.807) is 37.3 Å². The lowest BCUT2D eigenvalue weighted by molar-refractivity contribution is -0.117. The minimum atomic E-state index is -0.0779. The molecule has 0 N–H and O–H groups in total. The van der Waals surface area contributed by atoms with Gasteiger partial charge in [0.25, 0.3) is 5.91 Å². The molecule has 2 fully saturated rings. The van der Waals surface area contributed by atoms with Gasteiger partial charge in [0.05, 0.1) is 31.0 Å². The molecule has 4 rings (SSSR count). The van der Waals surface area contributed by atoms with Gasteiger partial charge in [-0.25, -0.2) is 0 Å². The Morgan fingerprint density at radius 2 is 1.90 bits per heavy atom. The number of rotatable bonds is 5. The Labute approximate surface area is 181 Å². The van der Waals surface area contributed by atoms with Gasteiger partial charge >= 0.3 is 0 Å². The number of anilines is 1. The van der Waals surface area contributed by atoms with E-state index >= 15 is 0 Å². The van der Waals surface area contributed by atoms with Crippen LogP contribution in [0.25, 0.3) is 0 Å². The maximum atomic E-state index is 13.4. The number of amides is 2. The highest BCUT2D eigenvalue weighted by Crippen LogP contribution is 2.40. The number of halogens is 1. The van der Waals surface area contributed by atoms with E-state index in [1.165, 1.54) is 0 Å². The van der Waals surface area contributed by atoms with Crippen LogP contribution in [0.15, 0.2) is 36.4 Å². The Bertz CT molecular complexity index is 978. The van der Waals surface area contributed by atoms with E-state index in [1.807, 2.05) is 23.1 Å². The monoisotopic (exact) mass is 428 g/mol. The van der Waals surface area contributed by atoms with Gasteiger partial charge < -0.3 is 19.3 Å². The molecule has 7 heteroatoms. The molecule has 2 aliphatic rings. The molecular weight excluding hydrogens is 404 g/mol. The van der Waals surface area contributed by atoms with Crippen LogP contribution in [0.3, 0.4) is 0 Å². The van der Waals surface area contributed by atoms with Crippen molar-refractivity contribution in [3.63, 3.8) is 0 Å². The van der Waals surface area contributed by atoms with E-state index in [0.29, 0.717) is 47.3 Å². The molecule has 158 valence electrons. The highest BCUT2D eigenvalue weighted by Gasteiger charge is 2.33. The largest absolute Gasteiger partial charge is 0.497 e. The quantitative estimate of drug-likeness (QED) is 0.705. The van der Waals surface area contributed by atoms with Crippen molar-refractivity contribution in [2.45, 2.75) is 31.7 Å². The van der Waals surface area contributed by atoms with Gasteiger partial charge in [-0.1, -0.05) is 11.6 Å². The molecule has 2 saturated heterocycles. The molecule has 30 heavy (non-hydrogen) atoms. The normalized spacial score (nSPS) is 18.8. The second kappa shape index (κ2) is 8.56. The van der Waals surface area contributed by atoms with E-state index in [-0.39, 0.29) is 17.9 Å². The van der Waals surface area contributed by atoms with Crippen LogP contribution < -0.4 is 14.4 Å². The summed E-state index contributed by atoms with van der Waals surface area (Å²) in [5, 5.41) is 0.483. The summed E-state index contributed by atoms with van der Waals surface area (Å²) >= 11 is 6.35. The lowest BCUT2D eigenvalue weighted by Gasteiger charge is -2.27. The van der Waals surface area contributed by atoms with Gasteiger partial charge in [0, 0.05) is 36.7 Å². The summed E-state index contributed by atoms with van der Waals surface area (Å²) in [6.07, 6.45) is 3.09. The molecule has 1 atom stereocenters. The second-order valence-corrected chi connectivity index (χ2v) is 7.99. The Balaban J connectivity index is 1.64. The van der Waals surface area contributed by atoms with Crippen molar-refractivity contribution in [2.24, 2.45) is 0 Å². The first kappa shape index (κ1) is 20.5. The topological polar surface area (TPSA) is 59.1 Å². The third-order valence-electron chi connectivity index (χ3n) is 5.87. The van der Waals surface area contributed by atoms with Crippen LogP contribution in [0.1, 0.15) is 47.6 Å². The van der Waals surface area contributed by atoms with E-state index in [2.05, 4.69) is 0 Å². The third kappa shape index (κ3) is 3.72. The molecule has 2 heterocycles. The van der Waals surface area contributed by atoms with Crippen LogP contribution in [0, 0.1) is 0 Å². The molecule has 0 saturated carbocycles. The fourth-order valence-corrected chi connectivity index (χ4v) is 4.57. The fraction of sp³-hybridized carbons (Fsp3) is 0.391. The van der Waals surface area contributed by atoms with Crippen LogP contribution in [0.2, 0.25) is 5.02 Å². The van der Waals surface area contributed by atoms with Crippen molar-refractivity contribution < 1.29 is 19.1 Å². The number of likely N-dealkylation sites (tertiary alicyclic amines) is 1. The zero-order valence-corrected chi connectivity index (χ0v) is 17.9. The molecule has 0 aliphatic carbocycles. The second-order valence-electron chi connectivity index (χ2n) is 7.58. The molecule has 0 unspecified atom stereocenters. The zero-order valence-electron chi connectivity index (χ0n) is 17.2. The smallest absolute Gasteiger partial charge is 0.254 e. The molecule has 0 spiro atoms. The minimum Gasteiger partial charge on any atom is -0.497 e. The number of methoxy groups -OCH3 is 2. The fourth-order valence-electron chi connectivity index (χ4n) is 4.35. The van der Waals surface area contributed by atoms with E-state index in [0.717, 1.165) is 24.8 Å². The zero-order chi connectivity index (χ0) is 21.3. The number of carbonyl (C=O) groups is 2. The molecule has 0 radical (unpaired) electrons. The molecule has 2 aromatic rings. The van der Waals surface area contributed by atoms with Crippen molar-refractivity contribution in [1.82, 2.24) is 4.90 Å².